The molecule has 0 spiro atoms. The van der Waals surface area contributed by atoms with Gasteiger partial charge in [-0.25, -0.2) is 5.84 Å². The van der Waals surface area contributed by atoms with Crippen molar-refractivity contribution in [1.29, 1.82) is 0 Å². The van der Waals surface area contributed by atoms with Crippen LogP contribution in [0.25, 0.3) is 0 Å². The van der Waals surface area contributed by atoms with Crippen molar-refractivity contribution in [1.82, 2.24) is 15.2 Å². The van der Waals surface area contributed by atoms with Gasteiger partial charge in [-0.3, -0.25) is 15.1 Å². The number of hydrazine groups is 1. The number of likely N-dealkylation sites (tertiary alicyclic amines) is 1. The number of nitrogens with zero attached hydrogens (tertiary/aromatic N) is 2. The van der Waals surface area contributed by atoms with Gasteiger partial charge in [-0.05, 0) is 46.5 Å². The summed E-state index contributed by atoms with van der Waals surface area (Å²) in [5.74, 6) is 5.85. The van der Waals surface area contributed by atoms with Crippen LogP contribution >= 0.6 is 0 Å². The standard InChI is InChI=1S/C14H24N4O2/c1-10-7-12(20-13(10)14(19)16-15)9-17(2)8-11-5-4-6-18(11)3/h7,11H,4-6,8-9,15H2,1-3H3,(H,16,19). The summed E-state index contributed by atoms with van der Waals surface area (Å²) in [6, 6.07) is 2.52. The van der Waals surface area contributed by atoms with Gasteiger partial charge in [0.25, 0.3) is 0 Å². The van der Waals surface area contributed by atoms with E-state index in [1.54, 1.807) is 0 Å². The topological polar surface area (TPSA) is 74.7 Å². The summed E-state index contributed by atoms with van der Waals surface area (Å²) in [5.41, 5.74) is 2.91. The van der Waals surface area contributed by atoms with E-state index in [0.717, 1.165) is 17.9 Å². The first-order chi connectivity index (χ1) is 9.51. The van der Waals surface area contributed by atoms with Gasteiger partial charge in [0.2, 0.25) is 0 Å². The number of hydrogen-bond acceptors (Lipinski definition) is 5. The van der Waals surface area contributed by atoms with Gasteiger partial charge in [0.15, 0.2) is 5.76 Å². The third kappa shape index (κ3) is 3.39. The van der Waals surface area contributed by atoms with Gasteiger partial charge < -0.3 is 9.32 Å². The molecule has 1 aliphatic rings. The monoisotopic (exact) mass is 280 g/mol. The molecule has 0 radical (unpaired) electrons. The Bertz CT molecular complexity index is 472. The van der Waals surface area contributed by atoms with Gasteiger partial charge in [-0.2, -0.15) is 0 Å². The fourth-order valence-electron chi connectivity index (χ4n) is 2.82. The smallest absolute Gasteiger partial charge is 0.301 e. The van der Waals surface area contributed by atoms with Crippen LogP contribution in [0.5, 0.6) is 0 Å². The second-order valence-corrected chi connectivity index (χ2v) is 5.67. The number of rotatable bonds is 5. The maximum Gasteiger partial charge on any atom is 0.301 e. The highest BCUT2D eigenvalue weighted by Crippen LogP contribution is 2.18. The minimum Gasteiger partial charge on any atom is -0.454 e. The quantitative estimate of drug-likeness (QED) is 0.472. The lowest BCUT2D eigenvalue weighted by molar-refractivity contribution is 0.0921. The van der Waals surface area contributed by atoms with E-state index < -0.39 is 0 Å². The van der Waals surface area contributed by atoms with Gasteiger partial charge in [0, 0.05) is 18.2 Å². The molecule has 1 atom stereocenters. The maximum absolute atomic E-state index is 11.5. The van der Waals surface area contributed by atoms with E-state index >= 15 is 0 Å². The Morgan fingerprint density at radius 3 is 3.00 bits per heavy atom. The fraction of sp³-hybridized carbons (Fsp3) is 0.643. The van der Waals surface area contributed by atoms with Crippen molar-refractivity contribution in [2.24, 2.45) is 5.84 Å². The molecule has 112 valence electrons. The molecule has 1 aromatic rings. The van der Waals surface area contributed by atoms with Gasteiger partial charge in [-0.15, -0.1) is 0 Å². The summed E-state index contributed by atoms with van der Waals surface area (Å²) in [6.07, 6.45) is 2.52. The third-order valence-corrected chi connectivity index (χ3v) is 3.93. The van der Waals surface area contributed by atoms with Crippen molar-refractivity contribution >= 4 is 5.91 Å². The average molecular weight is 280 g/mol. The normalized spacial score (nSPS) is 19.8. The Morgan fingerprint density at radius 2 is 2.40 bits per heavy atom. The molecule has 3 N–H and O–H groups in total. The molecule has 6 heteroatoms. The first kappa shape index (κ1) is 15.0. The van der Waals surface area contributed by atoms with Crippen LogP contribution in [0.4, 0.5) is 0 Å². The Morgan fingerprint density at radius 1 is 1.65 bits per heavy atom. The summed E-state index contributed by atoms with van der Waals surface area (Å²) in [4.78, 5) is 16.1. The number of aryl methyl sites for hydroxylation is 1. The summed E-state index contributed by atoms with van der Waals surface area (Å²) < 4.78 is 5.58. The van der Waals surface area contributed by atoms with E-state index in [0.29, 0.717) is 18.3 Å². The lowest BCUT2D eigenvalue weighted by Gasteiger charge is -2.25. The van der Waals surface area contributed by atoms with Gasteiger partial charge >= 0.3 is 5.91 Å². The fourth-order valence-corrected chi connectivity index (χ4v) is 2.82. The van der Waals surface area contributed by atoms with Gasteiger partial charge in [0.1, 0.15) is 5.76 Å². The zero-order chi connectivity index (χ0) is 14.7. The van der Waals surface area contributed by atoms with Crippen LogP contribution in [-0.2, 0) is 6.54 Å². The SMILES string of the molecule is Cc1cc(CN(C)CC2CCCN2C)oc1C(=O)NN. The van der Waals surface area contributed by atoms with Crippen molar-refractivity contribution in [2.45, 2.75) is 32.4 Å². The van der Waals surface area contributed by atoms with Crippen molar-refractivity contribution in [3.8, 4) is 0 Å². The molecular formula is C14H24N4O2. The van der Waals surface area contributed by atoms with Crippen LogP contribution in [0.3, 0.4) is 0 Å². The third-order valence-electron chi connectivity index (χ3n) is 3.93. The molecule has 1 aliphatic heterocycles. The number of nitrogens with two attached hydrogens (primary N) is 1. The molecule has 2 rings (SSSR count). The summed E-state index contributed by atoms with van der Waals surface area (Å²) in [6.45, 7) is 4.74. The Kier molecular flexibility index (Phi) is 4.80. The zero-order valence-corrected chi connectivity index (χ0v) is 12.5. The summed E-state index contributed by atoms with van der Waals surface area (Å²) >= 11 is 0. The van der Waals surface area contributed by atoms with Crippen LogP contribution in [0, 0.1) is 6.92 Å². The number of amides is 1. The Balaban J connectivity index is 1.94. The highest BCUT2D eigenvalue weighted by Gasteiger charge is 2.23. The van der Waals surface area contributed by atoms with Crippen LogP contribution in [-0.4, -0.2) is 48.9 Å². The summed E-state index contributed by atoms with van der Waals surface area (Å²) in [7, 11) is 4.25. The molecule has 0 aliphatic carbocycles. The first-order valence-corrected chi connectivity index (χ1v) is 7.00. The Labute approximate surface area is 119 Å². The maximum atomic E-state index is 11.5. The van der Waals surface area contributed by atoms with Crippen LogP contribution < -0.4 is 11.3 Å². The van der Waals surface area contributed by atoms with Crippen molar-refractivity contribution in [3.63, 3.8) is 0 Å². The molecular weight excluding hydrogens is 256 g/mol. The van der Waals surface area contributed by atoms with E-state index in [9.17, 15) is 4.79 Å². The molecule has 20 heavy (non-hydrogen) atoms. The molecule has 2 heterocycles. The minimum atomic E-state index is -0.382. The predicted molar refractivity (Wildman–Crippen MR) is 77.1 cm³/mol. The number of nitrogens with one attached hydrogen (secondary N) is 1. The number of carbonyl (C=O) groups excluding carboxylic acids is 1. The molecule has 1 fully saturated rings. The van der Waals surface area contributed by atoms with Crippen LogP contribution in [0.2, 0.25) is 0 Å². The lowest BCUT2D eigenvalue weighted by Crippen LogP contribution is -2.36. The van der Waals surface area contributed by atoms with E-state index in [1.165, 1.54) is 19.4 Å². The van der Waals surface area contributed by atoms with Gasteiger partial charge in [0.05, 0.1) is 6.54 Å². The predicted octanol–water partition coefficient (Wildman–Crippen LogP) is 0.718. The number of furan rings is 1. The molecule has 6 nitrogen and oxygen atoms in total. The molecule has 0 bridgehead atoms. The molecule has 0 saturated carbocycles. The van der Waals surface area contributed by atoms with Crippen molar-refractivity contribution < 1.29 is 9.21 Å². The number of likely N-dealkylation sites (N-methyl/N-ethyl adjacent to an activating group) is 2. The van der Waals surface area contributed by atoms with Crippen LogP contribution in [0.15, 0.2) is 10.5 Å². The summed E-state index contributed by atoms with van der Waals surface area (Å²) in [5, 5.41) is 0. The number of nitrogen functional groups attached to an aromatic ring is 1. The van der Waals surface area contributed by atoms with E-state index in [1.807, 2.05) is 13.0 Å². The minimum absolute atomic E-state index is 0.300. The van der Waals surface area contributed by atoms with E-state index in [-0.39, 0.29) is 5.91 Å². The molecule has 1 unspecified atom stereocenters. The van der Waals surface area contributed by atoms with Gasteiger partial charge in [-0.1, -0.05) is 0 Å². The van der Waals surface area contributed by atoms with Crippen LogP contribution in [0.1, 0.15) is 34.7 Å². The van der Waals surface area contributed by atoms with E-state index in [4.69, 9.17) is 10.3 Å². The van der Waals surface area contributed by atoms with Crippen molar-refractivity contribution in [2.75, 3.05) is 27.2 Å². The molecule has 0 aromatic carbocycles. The Hall–Kier alpha value is -1.37. The molecule has 1 aromatic heterocycles. The highest BCUT2D eigenvalue weighted by molar-refractivity contribution is 5.92. The molecule has 1 amide bonds. The first-order valence-electron chi connectivity index (χ1n) is 7.00. The lowest BCUT2D eigenvalue weighted by atomic mass is 10.2. The number of carbonyl (C=O) groups is 1. The molecule has 1 saturated heterocycles. The van der Waals surface area contributed by atoms with E-state index in [2.05, 4.69) is 29.3 Å². The average Bonchev–Trinajstić information content (AvgIpc) is 2.95. The largest absolute Gasteiger partial charge is 0.454 e. The van der Waals surface area contributed by atoms with Crippen molar-refractivity contribution in [3.05, 3.63) is 23.2 Å². The highest BCUT2D eigenvalue weighted by atomic mass is 16.4. The zero-order valence-electron chi connectivity index (χ0n) is 12.5. The second-order valence-electron chi connectivity index (χ2n) is 5.67. The second kappa shape index (κ2) is 6.39. The number of hydrogen-bond donors (Lipinski definition) is 2.